The second-order valence-corrected chi connectivity index (χ2v) is 7.48. The Kier molecular flexibility index (Phi) is 4.76. The predicted octanol–water partition coefficient (Wildman–Crippen LogP) is 2.64. The molecule has 1 aliphatic carbocycles. The second-order valence-electron chi connectivity index (χ2n) is 7.48. The molecule has 1 aliphatic rings. The Hall–Kier alpha value is -2.76. The first-order valence-electron chi connectivity index (χ1n) is 8.57. The van der Waals surface area contributed by atoms with Crippen molar-refractivity contribution in [2.24, 2.45) is 5.41 Å². The first kappa shape index (κ1) is 18.0. The van der Waals surface area contributed by atoms with Crippen molar-refractivity contribution in [3.05, 3.63) is 68.9 Å². The molecule has 5 nitrogen and oxygen atoms in total. The van der Waals surface area contributed by atoms with Crippen LogP contribution >= 0.6 is 0 Å². The van der Waals surface area contributed by atoms with Gasteiger partial charge in [-0.25, -0.2) is 4.39 Å². The first-order valence-corrected chi connectivity index (χ1v) is 8.57. The highest BCUT2D eigenvalue weighted by atomic mass is 19.1. The molecule has 0 bridgehead atoms. The van der Waals surface area contributed by atoms with Gasteiger partial charge in [0.05, 0.1) is 0 Å². The lowest BCUT2D eigenvalue weighted by Gasteiger charge is -2.29. The van der Waals surface area contributed by atoms with Gasteiger partial charge in [0.25, 0.3) is 11.5 Å². The zero-order valence-electron chi connectivity index (χ0n) is 14.8. The molecule has 26 heavy (non-hydrogen) atoms. The molecule has 0 unspecified atom stereocenters. The molecule has 3 rings (SSSR count). The smallest absolute Gasteiger partial charge is 0.261 e. The standard InChI is InChI=1S/C20H21FN2O3/c1-20(2)10-16-14(17(24)11-20)9-15(19(26)23-16)18(25)22-8-7-12-3-5-13(21)6-4-12/h3-6,9H,7-8,10-11H2,1-2H3,(H,22,25)(H,23,26). The number of benzene rings is 1. The molecular weight excluding hydrogens is 335 g/mol. The molecular formula is C20H21FN2O3. The van der Waals surface area contributed by atoms with Gasteiger partial charge >= 0.3 is 0 Å². The van der Waals surface area contributed by atoms with E-state index in [2.05, 4.69) is 10.3 Å². The number of carbonyl (C=O) groups is 2. The van der Waals surface area contributed by atoms with E-state index in [1.54, 1.807) is 12.1 Å². The first-order chi connectivity index (χ1) is 12.2. The molecule has 0 atom stereocenters. The Morgan fingerprint density at radius 1 is 1.19 bits per heavy atom. The monoisotopic (exact) mass is 356 g/mol. The van der Waals surface area contributed by atoms with Crippen LogP contribution in [0, 0.1) is 11.2 Å². The molecule has 1 aromatic carbocycles. The van der Waals surface area contributed by atoms with Crippen molar-refractivity contribution in [2.45, 2.75) is 33.1 Å². The van der Waals surface area contributed by atoms with Gasteiger partial charge in [0.1, 0.15) is 11.4 Å². The van der Waals surface area contributed by atoms with Gasteiger partial charge in [-0.15, -0.1) is 0 Å². The zero-order valence-corrected chi connectivity index (χ0v) is 14.8. The third kappa shape index (κ3) is 3.90. The molecule has 1 amide bonds. The molecule has 1 heterocycles. The molecule has 0 saturated carbocycles. The number of pyridine rings is 1. The summed E-state index contributed by atoms with van der Waals surface area (Å²) < 4.78 is 12.9. The maximum atomic E-state index is 12.9. The van der Waals surface area contributed by atoms with Crippen molar-refractivity contribution in [1.82, 2.24) is 10.3 Å². The highest BCUT2D eigenvalue weighted by Gasteiger charge is 2.32. The topological polar surface area (TPSA) is 79.0 Å². The summed E-state index contributed by atoms with van der Waals surface area (Å²) in [5.74, 6) is -0.895. The number of Topliss-reactive ketones (excluding diaryl/α,β-unsaturated/α-hetero) is 1. The SMILES string of the molecule is CC1(C)CC(=O)c2cc(C(=O)NCCc3ccc(F)cc3)c(=O)[nH]c2C1. The number of carbonyl (C=O) groups excluding carboxylic acids is 2. The normalized spacial score (nSPS) is 15.4. The average molecular weight is 356 g/mol. The summed E-state index contributed by atoms with van der Waals surface area (Å²) in [7, 11) is 0. The van der Waals surface area contributed by atoms with Gasteiger partial charge < -0.3 is 10.3 Å². The Labute approximate surface area is 150 Å². The molecule has 0 saturated heterocycles. The molecule has 0 spiro atoms. The number of hydrogen-bond acceptors (Lipinski definition) is 3. The largest absolute Gasteiger partial charge is 0.352 e. The van der Waals surface area contributed by atoms with Gasteiger partial charge in [0, 0.05) is 24.2 Å². The van der Waals surface area contributed by atoms with Crippen LogP contribution in [0.15, 0.2) is 35.1 Å². The Morgan fingerprint density at radius 2 is 1.88 bits per heavy atom. The molecule has 1 aromatic heterocycles. The van der Waals surface area contributed by atoms with Crippen molar-refractivity contribution >= 4 is 11.7 Å². The number of fused-ring (bicyclic) bond motifs is 1. The third-order valence-corrected chi connectivity index (χ3v) is 4.57. The number of aromatic amines is 1. The van der Waals surface area contributed by atoms with E-state index in [1.165, 1.54) is 18.2 Å². The van der Waals surface area contributed by atoms with Crippen LogP contribution in [0.4, 0.5) is 4.39 Å². The lowest BCUT2D eigenvalue weighted by Crippen LogP contribution is -2.35. The fraction of sp³-hybridized carbons (Fsp3) is 0.350. The van der Waals surface area contributed by atoms with Gasteiger partial charge in [-0.1, -0.05) is 26.0 Å². The van der Waals surface area contributed by atoms with Crippen LogP contribution in [0.3, 0.4) is 0 Å². The van der Waals surface area contributed by atoms with Crippen molar-refractivity contribution in [1.29, 1.82) is 0 Å². The van der Waals surface area contributed by atoms with Crippen LogP contribution < -0.4 is 10.9 Å². The summed E-state index contributed by atoms with van der Waals surface area (Å²) >= 11 is 0. The van der Waals surface area contributed by atoms with E-state index in [0.717, 1.165) is 5.56 Å². The Bertz CT molecular complexity index is 914. The van der Waals surface area contributed by atoms with E-state index in [9.17, 15) is 18.8 Å². The van der Waals surface area contributed by atoms with Crippen molar-refractivity contribution < 1.29 is 14.0 Å². The van der Waals surface area contributed by atoms with Crippen LogP contribution in [-0.2, 0) is 12.8 Å². The van der Waals surface area contributed by atoms with Crippen LogP contribution in [0.2, 0.25) is 0 Å². The average Bonchev–Trinajstić information content (AvgIpc) is 2.55. The highest BCUT2D eigenvalue weighted by molar-refractivity contribution is 6.02. The highest BCUT2D eigenvalue weighted by Crippen LogP contribution is 2.33. The molecule has 0 aliphatic heterocycles. The lowest BCUT2D eigenvalue weighted by molar-refractivity contribution is 0.0910. The van der Waals surface area contributed by atoms with Gasteiger partial charge in [0.15, 0.2) is 5.78 Å². The number of hydrogen-bond donors (Lipinski definition) is 2. The number of amides is 1. The Morgan fingerprint density at radius 3 is 2.58 bits per heavy atom. The van der Waals surface area contributed by atoms with Crippen molar-refractivity contribution in [2.75, 3.05) is 6.54 Å². The molecule has 6 heteroatoms. The van der Waals surface area contributed by atoms with Gasteiger partial charge in [0.2, 0.25) is 0 Å². The van der Waals surface area contributed by atoms with E-state index < -0.39 is 11.5 Å². The zero-order chi connectivity index (χ0) is 18.9. The van der Waals surface area contributed by atoms with E-state index >= 15 is 0 Å². The summed E-state index contributed by atoms with van der Waals surface area (Å²) in [5, 5.41) is 2.68. The van der Waals surface area contributed by atoms with E-state index in [-0.39, 0.29) is 22.6 Å². The van der Waals surface area contributed by atoms with Gasteiger partial charge in [-0.05, 0) is 42.0 Å². The second kappa shape index (κ2) is 6.86. The summed E-state index contributed by atoms with van der Waals surface area (Å²) in [5.41, 5.74) is 1.14. The summed E-state index contributed by atoms with van der Waals surface area (Å²) in [4.78, 5) is 39.6. The van der Waals surface area contributed by atoms with Crippen LogP contribution in [0.1, 0.15) is 52.2 Å². The quantitative estimate of drug-likeness (QED) is 0.884. The maximum absolute atomic E-state index is 12.9. The number of nitrogens with one attached hydrogen (secondary N) is 2. The minimum atomic E-state index is -0.520. The van der Waals surface area contributed by atoms with Crippen LogP contribution in [0.25, 0.3) is 0 Å². The molecule has 136 valence electrons. The summed E-state index contributed by atoms with van der Waals surface area (Å²) in [6, 6.07) is 7.41. The number of halogens is 1. The molecule has 2 N–H and O–H groups in total. The van der Waals surface area contributed by atoms with Crippen LogP contribution in [0.5, 0.6) is 0 Å². The summed E-state index contributed by atoms with van der Waals surface area (Å²) in [6.45, 7) is 4.26. The fourth-order valence-electron chi connectivity index (χ4n) is 3.26. The Balaban J connectivity index is 1.72. The van der Waals surface area contributed by atoms with Gasteiger partial charge in [-0.2, -0.15) is 0 Å². The maximum Gasteiger partial charge on any atom is 0.261 e. The lowest BCUT2D eigenvalue weighted by atomic mass is 9.75. The van der Waals surface area contributed by atoms with Crippen LogP contribution in [-0.4, -0.2) is 23.2 Å². The molecule has 0 fully saturated rings. The number of aromatic nitrogens is 1. The van der Waals surface area contributed by atoms with Gasteiger partial charge in [-0.3, -0.25) is 14.4 Å². The van der Waals surface area contributed by atoms with E-state index in [1.807, 2.05) is 13.8 Å². The summed E-state index contributed by atoms with van der Waals surface area (Å²) in [6.07, 6.45) is 1.50. The van der Waals surface area contributed by atoms with Crippen molar-refractivity contribution in [3.63, 3.8) is 0 Å². The fourth-order valence-corrected chi connectivity index (χ4v) is 3.26. The predicted molar refractivity (Wildman–Crippen MR) is 95.9 cm³/mol. The van der Waals surface area contributed by atoms with E-state index in [0.29, 0.717) is 37.1 Å². The minimum Gasteiger partial charge on any atom is -0.352 e. The molecule has 2 aromatic rings. The number of H-pyrrole nitrogens is 1. The minimum absolute atomic E-state index is 0.0593. The van der Waals surface area contributed by atoms with Crippen molar-refractivity contribution in [3.8, 4) is 0 Å². The number of rotatable bonds is 4. The van der Waals surface area contributed by atoms with E-state index in [4.69, 9.17) is 0 Å². The molecule has 0 radical (unpaired) electrons. The third-order valence-electron chi connectivity index (χ3n) is 4.57. The number of ketones is 1.